The van der Waals surface area contributed by atoms with Gasteiger partial charge in [-0.2, -0.15) is 0 Å². The number of thioether (sulfide) groups is 1. The summed E-state index contributed by atoms with van der Waals surface area (Å²) in [7, 11) is 0. The summed E-state index contributed by atoms with van der Waals surface area (Å²) in [4.78, 5) is 24.9. The third-order valence-electron chi connectivity index (χ3n) is 4.48. The molecule has 1 unspecified atom stereocenters. The van der Waals surface area contributed by atoms with E-state index in [1.807, 2.05) is 59.3 Å². The number of hydrogen-bond acceptors (Lipinski definition) is 6. The van der Waals surface area contributed by atoms with Gasteiger partial charge in [0.15, 0.2) is 11.0 Å². The standard InChI is InChI=1S/C22H19N5O2S2/c1-14(21(29)24-16-11-9-15(10-12-16)19(23)28)31-22-26-25-20(18-8-5-13-30-18)27(22)17-6-3-2-4-7-17/h2-14H,1H3,(H2,23,28)(H,24,29). The normalized spacial score (nSPS) is 11.8. The van der Waals surface area contributed by atoms with Crippen LogP contribution >= 0.6 is 23.1 Å². The van der Waals surface area contributed by atoms with Crippen LogP contribution in [0.25, 0.3) is 16.4 Å². The maximum Gasteiger partial charge on any atom is 0.248 e. The van der Waals surface area contributed by atoms with E-state index in [0.29, 0.717) is 16.4 Å². The van der Waals surface area contributed by atoms with E-state index in [4.69, 9.17) is 5.73 Å². The van der Waals surface area contributed by atoms with Gasteiger partial charge >= 0.3 is 0 Å². The molecule has 0 aliphatic carbocycles. The number of rotatable bonds is 7. The molecule has 0 spiro atoms. The summed E-state index contributed by atoms with van der Waals surface area (Å²) in [6.07, 6.45) is 0. The molecule has 2 heterocycles. The molecule has 2 aromatic carbocycles. The molecule has 0 radical (unpaired) electrons. The molecule has 2 amide bonds. The number of aromatic nitrogens is 3. The second-order valence-corrected chi connectivity index (χ2v) is 8.90. The molecule has 4 rings (SSSR count). The van der Waals surface area contributed by atoms with E-state index < -0.39 is 11.2 Å². The molecular formula is C22H19N5O2S2. The average molecular weight is 450 g/mol. The first-order chi connectivity index (χ1) is 15.0. The largest absolute Gasteiger partial charge is 0.366 e. The molecule has 1 atom stereocenters. The second-order valence-electron chi connectivity index (χ2n) is 6.65. The van der Waals surface area contributed by atoms with E-state index in [-0.39, 0.29) is 5.91 Å². The van der Waals surface area contributed by atoms with E-state index in [1.54, 1.807) is 35.6 Å². The Morgan fingerprint density at radius 3 is 2.42 bits per heavy atom. The fraction of sp³-hybridized carbons (Fsp3) is 0.0909. The number of nitrogens with two attached hydrogens (primary N) is 1. The van der Waals surface area contributed by atoms with Gasteiger partial charge < -0.3 is 11.1 Å². The lowest BCUT2D eigenvalue weighted by molar-refractivity contribution is -0.115. The number of carbonyl (C=O) groups excluding carboxylic acids is 2. The van der Waals surface area contributed by atoms with Crippen LogP contribution in [0.4, 0.5) is 5.69 Å². The van der Waals surface area contributed by atoms with Crippen molar-refractivity contribution in [2.24, 2.45) is 5.73 Å². The molecule has 0 fully saturated rings. The van der Waals surface area contributed by atoms with Crippen LogP contribution in [0.15, 0.2) is 77.3 Å². The Morgan fingerprint density at radius 1 is 1.03 bits per heavy atom. The van der Waals surface area contributed by atoms with Gasteiger partial charge in [-0.3, -0.25) is 14.2 Å². The van der Waals surface area contributed by atoms with Crippen molar-refractivity contribution >= 4 is 40.6 Å². The van der Waals surface area contributed by atoms with Crippen molar-refractivity contribution < 1.29 is 9.59 Å². The van der Waals surface area contributed by atoms with Crippen LogP contribution in [0.1, 0.15) is 17.3 Å². The number of para-hydroxylation sites is 1. The van der Waals surface area contributed by atoms with Crippen LogP contribution in [0, 0.1) is 0 Å². The van der Waals surface area contributed by atoms with Crippen molar-refractivity contribution in [3.63, 3.8) is 0 Å². The lowest BCUT2D eigenvalue weighted by Gasteiger charge is -2.14. The molecule has 0 saturated carbocycles. The van der Waals surface area contributed by atoms with Gasteiger partial charge in [0, 0.05) is 16.9 Å². The zero-order valence-corrected chi connectivity index (χ0v) is 18.2. The summed E-state index contributed by atoms with van der Waals surface area (Å²) in [5.41, 5.74) is 7.15. The Hall–Kier alpha value is -3.43. The summed E-state index contributed by atoms with van der Waals surface area (Å²) in [6, 6.07) is 20.2. The maximum absolute atomic E-state index is 12.7. The zero-order chi connectivity index (χ0) is 21.8. The van der Waals surface area contributed by atoms with Crippen LogP contribution in [0.2, 0.25) is 0 Å². The monoisotopic (exact) mass is 449 g/mol. The highest BCUT2D eigenvalue weighted by Crippen LogP contribution is 2.32. The van der Waals surface area contributed by atoms with Gasteiger partial charge in [0.05, 0.1) is 10.1 Å². The Bertz CT molecular complexity index is 1190. The van der Waals surface area contributed by atoms with Crippen molar-refractivity contribution in [2.75, 3.05) is 5.32 Å². The van der Waals surface area contributed by atoms with Crippen molar-refractivity contribution in [3.05, 3.63) is 77.7 Å². The minimum atomic E-state index is -0.511. The number of benzene rings is 2. The molecule has 4 aromatic rings. The third kappa shape index (κ3) is 4.68. The second kappa shape index (κ2) is 9.15. The van der Waals surface area contributed by atoms with Crippen molar-refractivity contribution in [1.29, 1.82) is 0 Å². The Morgan fingerprint density at radius 2 is 1.77 bits per heavy atom. The molecule has 7 nitrogen and oxygen atoms in total. The molecule has 0 aliphatic heterocycles. The lowest BCUT2D eigenvalue weighted by atomic mass is 10.2. The maximum atomic E-state index is 12.7. The number of anilines is 1. The van der Waals surface area contributed by atoms with Gasteiger partial charge in [0.25, 0.3) is 0 Å². The highest BCUT2D eigenvalue weighted by Gasteiger charge is 2.22. The number of amides is 2. The fourth-order valence-corrected chi connectivity index (χ4v) is 4.46. The van der Waals surface area contributed by atoms with Gasteiger partial charge in [-0.1, -0.05) is 36.0 Å². The smallest absolute Gasteiger partial charge is 0.248 e. The minimum Gasteiger partial charge on any atom is -0.366 e. The van der Waals surface area contributed by atoms with Crippen molar-refractivity contribution in [1.82, 2.24) is 14.8 Å². The Labute approximate surface area is 187 Å². The minimum absolute atomic E-state index is 0.183. The predicted molar refractivity (Wildman–Crippen MR) is 124 cm³/mol. The highest BCUT2D eigenvalue weighted by molar-refractivity contribution is 8.00. The van der Waals surface area contributed by atoms with Crippen LogP contribution in [-0.4, -0.2) is 31.8 Å². The Balaban J connectivity index is 1.56. The van der Waals surface area contributed by atoms with Crippen LogP contribution in [0.3, 0.4) is 0 Å². The van der Waals surface area contributed by atoms with Gasteiger partial charge in [-0.05, 0) is 54.8 Å². The molecule has 31 heavy (non-hydrogen) atoms. The molecule has 2 aromatic heterocycles. The van der Waals surface area contributed by atoms with Crippen LogP contribution in [0.5, 0.6) is 0 Å². The fourth-order valence-electron chi connectivity index (χ4n) is 2.89. The molecule has 156 valence electrons. The summed E-state index contributed by atoms with van der Waals surface area (Å²) >= 11 is 2.91. The van der Waals surface area contributed by atoms with Gasteiger partial charge in [0.1, 0.15) is 0 Å². The molecule has 9 heteroatoms. The van der Waals surface area contributed by atoms with E-state index in [9.17, 15) is 9.59 Å². The Kier molecular flexibility index (Phi) is 6.15. The average Bonchev–Trinajstić information content (AvgIpc) is 3.44. The van der Waals surface area contributed by atoms with Crippen LogP contribution < -0.4 is 11.1 Å². The SMILES string of the molecule is CC(Sc1nnc(-c2cccs2)n1-c1ccccc1)C(=O)Nc1ccc(C(N)=O)cc1. The first-order valence-corrected chi connectivity index (χ1v) is 11.2. The summed E-state index contributed by atoms with van der Waals surface area (Å²) in [6.45, 7) is 1.81. The number of nitrogens with zero attached hydrogens (tertiary/aromatic N) is 3. The summed E-state index contributed by atoms with van der Waals surface area (Å²) in [5.74, 6) is 0.0408. The molecular weight excluding hydrogens is 430 g/mol. The topological polar surface area (TPSA) is 103 Å². The molecule has 0 aliphatic rings. The van der Waals surface area contributed by atoms with E-state index in [0.717, 1.165) is 16.4 Å². The number of nitrogens with one attached hydrogen (secondary N) is 1. The van der Waals surface area contributed by atoms with Gasteiger partial charge in [0.2, 0.25) is 11.8 Å². The van der Waals surface area contributed by atoms with E-state index in [1.165, 1.54) is 11.8 Å². The molecule has 3 N–H and O–H groups in total. The lowest BCUT2D eigenvalue weighted by Crippen LogP contribution is -2.23. The van der Waals surface area contributed by atoms with Gasteiger partial charge in [-0.25, -0.2) is 0 Å². The number of carbonyl (C=O) groups is 2. The third-order valence-corrected chi connectivity index (χ3v) is 6.39. The predicted octanol–water partition coefficient (Wildman–Crippen LogP) is 4.21. The van der Waals surface area contributed by atoms with E-state index in [2.05, 4.69) is 15.5 Å². The quantitative estimate of drug-likeness (QED) is 0.411. The van der Waals surface area contributed by atoms with Crippen LogP contribution in [-0.2, 0) is 4.79 Å². The number of primary amides is 1. The van der Waals surface area contributed by atoms with Crippen molar-refractivity contribution in [2.45, 2.75) is 17.3 Å². The molecule has 0 saturated heterocycles. The van der Waals surface area contributed by atoms with Crippen molar-refractivity contribution in [3.8, 4) is 16.4 Å². The zero-order valence-electron chi connectivity index (χ0n) is 16.6. The first-order valence-electron chi connectivity index (χ1n) is 9.45. The number of thiophene rings is 1. The first kappa shape index (κ1) is 20.8. The number of hydrogen-bond donors (Lipinski definition) is 2. The highest BCUT2D eigenvalue weighted by atomic mass is 32.2. The van der Waals surface area contributed by atoms with E-state index >= 15 is 0 Å². The summed E-state index contributed by atoms with van der Waals surface area (Å²) < 4.78 is 1.96. The summed E-state index contributed by atoms with van der Waals surface area (Å²) in [5, 5.41) is 13.8. The van der Waals surface area contributed by atoms with Gasteiger partial charge in [-0.15, -0.1) is 21.5 Å². The molecule has 0 bridgehead atoms.